The van der Waals surface area contributed by atoms with Gasteiger partial charge >= 0.3 is 0 Å². The monoisotopic (exact) mass is 436 g/mol. The van der Waals surface area contributed by atoms with Crippen LogP contribution in [0.3, 0.4) is 0 Å². The van der Waals surface area contributed by atoms with Gasteiger partial charge in [0.15, 0.2) is 5.65 Å². The highest BCUT2D eigenvalue weighted by atomic mass is 32.1. The second-order valence-electron chi connectivity index (χ2n) is 7.77. The quantitative estimate of drug-likeness (QED) is 0.444. The molecule has 31 heavy (non-hydrogen) atoms. The van der Waals surface area contributed by atoms with E-state index in [0.717, 1.165) is 44.3 Å². The summed E-state index contributed by atoms with van der Waals surface area (Å²) in [6.45, 7) is 7.90. The molecule has 0 aliphatic heterocycles. The van der Waals surface area contributed by atoms with Gasteiger partial charge in [-0.25, -0.2) is 13.9 Å². The lowest BCUT2D eigenvalue weighted by molar-refractivity contribution is -0.121. The fourth-order valence-corrected chi connectivity index (χ4v) is 4.68. The van der Waals surface area contributed by atoms with Crippen LogP contribution in [0.25, 0.3) is 16.8 Å². The van der Waals surface area contributed by atoms with Gasteiger partial charge in [0.25, 0.3) is 0 Å². The minimum absolute atomic E-state index is 0.00216. The van der Waals surface area contributed by atoms with E-state index in [9.17, 15) is 9.18 Å². The highest BCUT2D eigenvalue weighted by Gasteiger charge is 2.19. The van der Waals surface area contributed by atoms with Crippen LogP contribution in [-0.2, 0) is 11.2 Å². The van der Waals surface area contributed by atoms with Crippen LogP contribution in [0.2, 0.25) is 0 Å². The van der Waals surface area contributed by atoms with Gasteiger partial charge in [-0.15, -0.1) is 11.3 Å². The van der Waals surface area contributed by atoms with Crippen molar-refractivity contribution in [2.75, 3.05) is 0 Å². The molecular formula is C24H25FN4OS. The van der Waals surface area contributed by atoms with Crippen LogP contribution in [0, 0.1) is 26.6 Å². The van der Waals surface area contributed by atoms with Crippen LogP contribution in [0.5, 0.6) is 0 Å². The Bertz CT molecular complexity index is 1230. The molecule has 0 unspecified atom stereocenters. The third-order valence-electron chi connectivity index (χ3n) is 5.58. The molecule has 7 heteroatoms. The minimum Gasteiger partial charge on any atom is -0.349 e. The Morgan fingerprint density at radius 3 is 2.58 bits per heavy atom. The Kier molecular flexibility index (Phi) is 5.87. The summed E-state index contributed by atoms with van der Waals surface area (Å²) in [4.78, 5) is 18.5. The summed E-state index contributed by atoms with van der Waals surface area (Å²) < 4.78 is 15.2. The van der Waals surface area contributed by atoms with Crippen LogP contribution in [0.4, 0.5) is 4.39 Å². The fourth-order valence-electron chi connectivity index (χ4n) is 3.95. The van der Waals surface area contributed by atoms with E-state index >= 15 is 0 Å². The molecule has 1 aromatic carbocycles. The number of hydrogen-bond donors (Lipinski definition) is 1. The van der Waals surface area contributed by atoms with Crippen molar-refractivity contribution < 1.29 is 9.18 Å². The lowest BCUT2D eigenvalue weighted by Gasteiger charge is -2.14. The average Bonchev–Trinajstić information content (AvgIpc) is 3.37. The molecule has 160 valence electrons. The molecule has 0 radical (unpaired) electrons. The van der Waals surface area contributed by atoms with Crippen molar-refractivity contribution in [1.82, 2.24) is 19.9 Å². The van der Waals surface area contributed by atoms with E-state index in [2.05, 4.69) is 10.4 Å². The molecule has 4 aromatic rings. The predicted molar refractivity (Wildman–Crippen MR) is 122 cm³/mol. The van der Waals surface area contributed by atoms with Crippen molar-refractivity contribution >= 4 is 22.9 Å². The molecule has 0 saturated carbocycles. The van der Waals surface area contributed by atoms with Gasteiger partial charge in [-0.05, 0) is 68.8 Å². The first kappa shape index (κ1) is 21.2. The van der Waals surface area contributed by atoms with Gasteiger partial charge in [-0.3, -0.25) is 4.79 Å². The van der Waals surface area contributed by atoms with Crippen LogP contribution >= 0.6 is 11.3 Å². The van der Waals surface area contributed by atoms with Crippen molar-refractivity contribution in [2.45, 2.75) is 46.6 Å². The first-order chi connectivity index (χ1) is 14.8. The van der Waals surface area contributed by atoms with E-state index in [-0.39, 0.29) is 17.8 Å². The topological polar surface area (TPSA) is 59.3 Å². The first-order valence-electron chi connectivity index (χ1n) is 10.3. The van der Waals surface area contributed by atoms with Gasteiger partial charge < -0.3 is 5.32 Å². The molecule has 0 bridgehead atoms. The standard InChI is InChI=1S/C24H25FN4OS/c1-14-20(11-12-22(30)26-15(2)21-6-5-13-31-21)17(4)29-24(27-14)23(16(3)28-29)18-7-9-19(25)10-8-18/h5-10,13,15H,11-12H2,1-4H3,(H,26,30)/t15-/m1/s1. The Labute approximate surface area is 185 Å². The van der Waals surface area contributed by atoms with Crippen molar-refractivity contribution in [3.63, 3.8) is 0 Å². The summed E-state index contributed by atoms with van der Waals surface area (Å²) in [6, 6.07) is 10.4. The smallest absolute Gasteiger partial charge is 0.220 e. The SMILES string of the molecule is Cc1nc2c(-c3ccc(F)cc3)c(C)nn2c(C)c1CCC(=O)N[C@H](C)c1cccs1. The number of nitrogens with zero attached hydrogens (tertiary/aromatic N) is 3. The van der Waals surface area contributed by atoms with Crippen molar-refractivity contribution in [1.29, 1.82) is 0 Å². The second kappa shape index (κ2) is 8.59. The highest BCUT2D eigenvalue weighted by Crippen LogP contribution is 2.29. The van der Waals surface area contributed by atoms with E-state index in [4.69, 9.17) is 4.98 Å². The van der Waals surface area contributed by atoms with E-state index < -0.39 is 0 Å². The van der Waals surface area contributed by atoms with Gasteiger partial charge in [0.1, 0.15) is 5.82 Å². The van der Waals surface area contributed by atoms with Crippen LogP contribution in [-0.4, -0.2) is 20.5 Å². The zero-order valence-corrected chi connectivity index (χ0v) is 18.9. The van der Waals surface area contributed by atoms with Crippen LogP contribution in [0.15, 0.2) is 41.8 Å². The molecule has 1 N–H and O–H groups in total. The molecule has 1 amide bonds. The lowest BCUT2D eigenvalue weighted by Crippen LogP contribution is -2.26. The average molecular weight is 437 g/mol. The van der Waals surface area contributed by atoms with Gasteiger partial charge in [-0.2, -0.15) is 5.10 Å². The summed E-state index contributed by atoms with van der Waals surface area (Å²) in [5.74, 6) is -0.254. The van der Waals surface area contributed by atoms with E-state index in [1.807, 2.05) is 49.7 Å². The number of hydrogen-bond acceptors (Lipinski definition) is 4. The van der Waals surface area contributed by atoms with Crippen LogP contribution < -0.4 is 5.32 Å². The number of amides is 1. The van der Waals surface area contributed by atoms with Gasteiger partial charge in [0.2, 0.25) is 5.91 Å². The largest absolute Gasteiger partial charge is 0.349 e. The predicted octanol–water partition coefficient (Wildman–Crippen LogP) is 5.33. The molecule has 4 rings (SSSR count). The molecular weight excluding hydrogens is 411 g/mol. The lowest BCUT2D eigenvalue weighted by atomic mass is 10.0. The van der Waals surface area contributed by atoms with Crippen molar-refractivity contribution in [3.05, 3.63) is 75.1 Å². The molecule has 3 aromatic heterocycles. The second-order valence-corrected chi connectivity index (χ2v) is 8.75. The maximum absolute atomic E-state index is 13.4. The molecule has 0 fully saturated rings. The molecule has 3 heterocycles. The number of halogens is 1. The van der Waals surface area contributed by atoms with E-state index in [1.54, 1.807) is 23.5 Å². The highest BCUT2D eigenvalue weighted by molar-refractivity contribution is 7.10. The zero-order chi connectivity index (χ0) is 22.1. The maximum atomic E-state index is 13.4. The molecule has 0 spiro atoms. The number of aryl methyl sites for hydroxylation is 3. The van der Waals surface area contributed by atoms with Crippen LogP contribution in [0.1, 0.15) is 46.9 Å². The van der Waals surface area contributed by atoms with Gasteiger partial charge in [-0.1, -0.05) is 18.2 Å². The molecule has 0 saturated heterocycles. The Balaban J connectivity index is 1.58. The molecule has 1 atom stereocenters. The number of aromatic nitrogens is 3. The summed E-state index contributed by atoms with van der Waals surface area (Å²) >= 11 is 1.64. The van der Waals surface area contributed by atoms with Crippen molar-refractivity contribution in [2.24, 2.45) is 0 Å². The number of thiophene rings is 1. The number of rotatable bonds is 6. The molecule has 5 nitrogen and oxygen atoms in total. The Hall–Kier alpha value is -3.06. The Morgan fingerprint density at radius 1 is 1.16 bits per heavy atom. The van der Waals surface area contributed by atoms with Crippen molar-refractivity contribution in [3.8, 4) is 11.1 Å². The molecule has 0 aliphatic rings. The number of benzene rings is 1. The number of carbonyl (C=O) groups excluding carboxylic acids is 1. The fraction of sp³-hybridized carbons (Fsp3) is 0.292. The summed E-state index contributed by atoms with van der Waals surface area (Å²) in [6.07, 6.45) is 0.976. The summed E-state index contributed by atoms with van der Waals surface area (Å²) in [5.41, 5.74) is 6.25. The number of carbonyl (C=O) groups is 1. The number of nitrogens with one attached hydrogen (secondary N) is 1. The van der Waals surface area contributed by atoms with Gasteiger partial charge in [0, 0.05) is 28.2 Å². The number of fused-ring (bicyclic) bond motifs is 1. The van der Waals surface area contributed by atoms with E-state index in [0.29, 0.717) is 12.8 Å². The molecule has 0 aliphatic carbocycles. The van der Waals surface area contributed by atoms with E-state index in [1.165, 1.54) is 12.1 Å². The summed E-state index contributed by atoms with van der Waals surface area (Å²) in [5, 5.41) is 9.76. The third kappa shape index (κ3) is 4.23. The first-order valence-corrected chi connectivity index (χ1v) is 11.2. The van der Waals surface area contributed by atoms with Gasteiger partial charge in [0.05, 0.1) is 11.7 Å². The summed E-state index contributed by atoms with van der Waals surface area (Å²) in [7, 11) is 0. The third-order valence-corrected chi connectivity index (χ3v) is 6.64. The minimum atomic E-state index is -0.271. The Morgan fingerprint density at radius 2 is 1.90 bits per heavy atom. The zero-order valence-electron chi connectivity index (χ0n) is 18.1. The maximum Gasteiger partial charge on any atom is 0.220 e. The normalized spacial score (nSPS) is 12.3.